The van der Waals surface area contributed by atoms with Gasteiger partial charge in [-0.25, -0.2) is 9.37 Å². The zero-order valence-electron chi connectivity index (χ0n) is 9.88. The standard InChI is InChI=1S/C13H9BrClFN2O/c1-7-4-9(14)6-17-12(7)18-13(19)8-2-3-10(15)11(16)5-8/h2-6H,1H3,(H,17,18,19). The molecule has 19 heavy (non-hydrogen) atoms. The van der Waals surface area contributed by atoms with E-state index in [0.29, 0.717) is 5.82 Å². The number of benzene rings is 1. The molecule has 98 valence electrons. The van der Waals surface area contributed by atoms with Gasteiger partial charge in [0.15, 0.2) is 0 Å². The Morgan fingerprint density at radius 3 is 2.79 bits per heavy atom. The molecule has 0 aliphatic heterocycles. The summed E-state index contributed by atoms with van der Waals surface area (Å²) in [5.74, 6) is -0.633. The molecule has 2 rings (SSSR count). The lowest BCUT2D eigenvalue weighted by Gasteiger charge is -2.08. The Bertz CT molecular complexity index is 649. The number of hydrogen-bond acceptors (Lipinski definition) is 2. The first-order valence-electron chi connectivity index (χ1n) is 5.36. The molecular weight excluding hydrogens is 335 g/mol. The fraction of sp³-hybridized carbons (Fsp3) is 0.0769. The zero-order valence-corrected chi connectivity index (χ0v) is 12.2. The van der Waals surface area contributed by atoms with Gasteiger partial charge in [-0.2, -0.15) is 0 Å². The summed E-state index contributed by atoms with van der Waals surface area (Å²) in [4.78, 5) is 16.0. The van der Waals surface area contributed by atoms with Crippen molar-refractivity contribution in [1.29, 1.82) is 0 Å². The maximum atomic E-state index is 13.3. The lowest BCUT2D eigenvalue weighted by atomic mass is 10.2. The smallest absolute Gasteiger partial charge is 0.256 e. The van der Waals surface area contributed by atoms with Crippen molar-refractivity contribution in [1.82, 2.24) is 4.98 Å². The van der Waals surface area contributed by atoms with Gasteiger partial charge in [-0.15, -0.1) is 0 Å². The minimum absolute atomic E-state index is 0.0190. The first-order chi connectivity index (χ1) is 8.97. The molecular formula is C13H9BrClFN2O. The SMILES string of the molecule is Cc1cc(Br)cnc1NC(=O)c1ccc(Cl)c(F)c1. The Morgan fingerprint density at radius 2 is 2.16 bits per heavy atom. The summed E-state index contributed by atoms with van der Waals surface area (Å²) in [6.07, 6.45) is 1.57. The van der Waals surface area contributed by atoms with E-state index >= 15 is 0 Å². The molecule has 0 bridgehead atoms. The van der Waals surface area contributed by atoms with Crippen LogP contribution in [0.3, 0.4) is 0 Å². The number of nitrogens with one attached hydrogen (secondary N) is 1. The predicted molar refractivity (Wildman–Crippen MR) is 76.0 cm³/mol. The Balaban J connectivity index is 2.23. The van der Waals surface area contributed by atoms with E-state index in [1.54, 1.807) is 6.20 Å². The molecule has 0 unspecified atom stereocenters. The highest BCUT2D eigenvalue weighted by Crippen LogP contribution is 2.19. The first kappa shape index (κ1) is 14.0. The topological polar surface area (TPSA) is 42.0 Å². The number of aryl methyl sites for hydroxylation is 1. The normalized spacial score (nSPS) is 10.3. The maximum Gasteiger partial charge on any atom is 0.256 e. The number of aromatic nitrogens is 1. The van der Waals surface area contributed by atoms with Crippen LogP contribution in [0.25, 0.3) is 0 Å². The lowest BCUT2D eigenvalue weighted by Crippen LogP contribution is -2.14. The van der Waals surface area contributed by atoms with Crippen molar-refractivity contribution >= 4 is 39.3 Å². The summed E-state index contributed by atoms with van der Waals surface area (Å²) < 4.78 is 14.1. The highest BCUT2D eigenvalue weighted by molar-refractivity contribution is 9.10. The molecule has 0 spiro atoms. The molecule has 0 saturated carbocycles. The molecule has 6 heteroatoms. The van der Waals surface area contributed by atoms with Crippen LogP contribution in [-0.4, -0.2) is 10.9 Å². The largest absolute Gasteiger partial charge is 0.306 e. The maximum absolute atomic E-state index is 13.3. The van der Waals surface area contributed by atoms with E-state index in [-0.39, 0.29) is 10.6 Å². The molecule has 2 aromatic rings. The van der Waals surface area contributed by atoms with Crippen molar-refractivity contribution < 1.29 is 9.18 Å². The number of carbonyl (C=O) groups excluding carboxylic acids is 1. The Labute approximate surface area is 122 Å². The van der Waals surface area contributed by atoms with Gasteiger partial charge in [0.2, 0.25) is 0 Å². The van der Waals surface area contributed by atoms with Gasteiger partial charge in [0, 0.05) is 16.2 Å². The van der Waals surface area contributed by atoms with E-state index in [1.165, 1.54) is 12.1 Å². The molecule has 1 amide bonds. The van der Waals surface area contributed by atoms with Crippen molar-refractivity contribution in [3.63, 3.8) is 0 Å². The number of carbonyl (C=O) groups is 1. The second kappa shape index (κ2) is 5.67. The third-order valence-electron chi connectivity index (χ3n) is 2.46. The molecule has 0 aliphatic rings. The van der Waals surface area contributed by atoms with Crippen LogP contribution in [0, 0.1) is 12.7 Å². The van der Waals surface area contributed by atoms with Crippen LogP contribution < -0.4 is 5.32 Å². The van der Waals surface area contributed by atoms with E-state index < -0.39 is 11.7 Å². The quantitative estimate of drug-likeness (QED) is 0.888. The molecule has 1 aromatic carbocycles. The number of pyridine rings is 1. The van der Waals surface area contributed by atoms with Crippen molar-refractivity contribution in [2.75, 3.05) is 5.32 Å². The molecule has 0 atom stereocenters. The molecule has 0 radical (unpaired) electrons. The first-order valence-corrected chi connectivity index (χ1v) is 6.53. The molecule has 1 N–H and O–H groups in total. The second-order valence-electron chi connectivity index (χ2n) is 3.90. The monoisotopic (exact) mass is 342 g/mol. The number of nitrogens with zero attached hydrogens (tertiary/aromatic N) is 1. The molecule has 0 saturated heterocycles. The van der Waals surface area contributed by atoms with Gasteiger partial charge in [-0.1, -0.05) is 11.6 Å². The molecule has 0 fully saturated rings. The average molecular weight is 344 g/mol. The summed E-state index contributed by atoms with van der Waals surface area (Å²) in [5.41, 5.74) is 0.989. The summed E-state index contributed by atoms with van der Waals surface area (Å²) in [5, 5.41) is 2.60. The van der Waals surface area contributed by atoms with Crippen molar-refractivity contribution in [2.45, 2.75) is 6.92 Å². The fourth-order valence-electron chi connectivity index (χ4n) is 1.49. The summed E-state index contributed by atoms with van der Waals surface area (Å²) in [6.45, 7) is 1.82. The van der Waals surface area contributed by atoms with E-state index in [0.717, 1.165) is 16.1 Å². The number of rotatable bonds is 2. The van der Waals surface area contributed by atoms with Crippen LogP contribution in [0.4, 0.5) is 10.2 Å². The van der Waals surface area contributed by atoms with Gasteiger partial charge in [-0.05, 0) is 52.7 Å². The molecule has 1 aromatic heterocycles. The van der Waals surface area contributed by atoms with Crippen molar-refractivity contribution in [3.8, 4) is 0 Å². The Morgan fingerprint density at radius 1 is 1.42 bits per heavy atom. The molecule has 0 aliphatic carbocycles. The Kier molecular flexibility index (Phi) is 4.17. The van der Waals surface area contributed by atoms with Gasteiger partial charge in [0.25, 0.3) is 5.91 Å². The van der Waals surface area contributed by atoms with Crippen LogP contribution in [0.5, 0.6) is 0 Å². The van der Waals surface area contributed by atoms with E-state index in [1.807, 2.05) is 13.0 Å². The predicted octanol–water partition coefficient (Wildman–Crippen LogP) is 4.20. The number of amides is 1. The minimum Gasteiger partial charge on any atom is -0.306 e. The van der Waals surface area contributed by atoms with Crippen LogP contribution in [-0.2, 0) is 0 Å². The fourth-order valence-corrected chi connectivity index (χ4v) is 2.05. The summed E-state index contributed by atoms with van der Waals surface area (Å²) in [7, 11) is 0. The highest BCUT2D eigenvalue weighted by Gasteiger charge is 2.11. The minimum atomic E-state index is -0.630. The van der Waals surface area contributed by atoms with Crippen LogP contribution in [0.1, 0.15) is 15.9 Å². The van der Waals surface area contributed by atoms with Crippen molar-refractivity contribution in [3.05, 3.63) is 56.9 Å². The number of anilines is 1. The Hall–Kier alpha value is -1.46. The highest BCUT2D eigenvalue weighted by atomic mass is 79.9. The summed E-state index contributed by atoms with van der Waals surface area (Å²) in [6, 6.07) is 5.71. The number of halogens is 3. The van der Waals surface area contributed by atoms with Gasteiger partial charge in [0.05, 0.1) is 5.02 Å². The van der Waals surface area contributed by atoms with Gasteiger partial charge >= 0.3 is 0 Å². The zero-order chi connectivity index (χ0) is 14.0. The third-order valence-corrected chi connectivity index (χ3v) is 3.20. The van der Waals surface area contributed by atoms with E-state index in [4.69, 9.17) is 11.6 Å². The van der Waals surface area contributed by atoms with Crippen LogP contribution in [0.15, 0.2) is 34.9 Å². The van der Waals surface area contributed by atoms with E-state index in [9.17, 15) is 9.18 Å². The van der Waals surface area contributed by atoms with Gasteiger partial charge in [-0.3, -0.25) is 4.79 Å². The summed E-state index contributed by atoms with van der Waals surface area (Å²) >= 11 is 8.85. The van der Waals surface area contributed by atoms with Crippen molar-refractivity contribution in [2.24, 2.45) is 0 Å². The van der Waals surface area contributed by atoms with Gasteiger partial charge < -0.3 is 5.32 Å². The lowest BCUT2D eigenvalue weighted by molar-refractivity contribution is 0.102. The molecule has 3 nitrogen and oxygen atoms in total. The third kappa shape index (κ3) is 3.30. The second-order valence-corrected chi connectivity index (χ2v) is 5.22. The van der Waals surface area contributed by atoms with Gasteiger partial charge in [0.1, 0.15) is 11.6 Å². The number of hydrogen-bond donors (Lipinski definition) is 1. The average Bonchev–Trinajstić information content (AvgIpc) is 2.36. The van der Waals surface area contributed by atoms with Crippen LogP contribution in [0.2, 0.25) is 5.02 Å². The molecule has 1 heterocycles. The van der Waals surface area contributed by atoms with E-state index in [2.05, 4.69) is 26.2 Å². The van der Waals surface area contributed by atoms with Crippen LogP contribution >= 0.6 is 27.5 Å².